The van der Waals surface area contributed by atoms with E-state index >= 15 is 0 Å². The van der Waals surface area contributed by atoms with Crippen molar-refractivity contribution in [2.75, 3.05) is 13.2 Å². The smallest absolute Gasteiger partial charge is 0.226 e. The fourth-order valence-corrected chi connectivity index (χ4v) is 6.42. The Hall–Kier alpha value is -1.75. The molecule has 2 aromatic carbocycles. The SMILES string of the molecule is CCCOc1ccc([C@@H]2CC[C@@]3(CC)C(=O)N[C@H](CO)[C@H]3C2c2ccc(Cl)cc2)c(Cl)c1. The maximum absolute atomic E-state index is 13.1. The minimum atomic E-state index is -0.481. The number of ether oxygens (including phenoxy) is 1. The van der Waals surface area contributed by atoms with Crippen molar-refractivity contribution >= 4 is 29.1 Å². The van der Waals surface area contributed by atoms with Crippen molar-refractivity contribution in [2.24, 2.45) is 11.3 Å². The lowest BCUT2D eigenvalue weighted by molar-refractivity contribution is -0.131. The molecule has 2 aliphatic rings. The predicted molar refractivity (Wildman–Crippen MR) is 129 cm³/mol. The van der Waals surface area contributed by atoms with Crippen LogP contribution in [-0.4, -0.2) is 30.3 Å². The first kappa shape index (κ1) is 23.4. The molecule has 172 valence electrons. The minimum absolute atomic E-state index is 0.0250. The van der Waals surface area contributed by atoms with E-state index in [0.29, 0.717) is 16.7 Å². The first-order valence-corrected chi connectivity index (χ1v) is 12.3. The van der Waals surface area contributed by atoms with Gasteiger partial charge in [0.05, 0.1) is 24.7 Å². The van der Waals surface area contributed by atoms with Gasteiger partial charge in [0.25, 0.3) is 0 Å². The van der Waals surface area contributed by atoms with Gasteiger partial charge in [0.1, 0.15) is 5.75 Å². The minimum Gasteiger partial charge on any atom is -0.494 e. The van der Waals surface area contributed by atoms with Crippen molar-refractivity contribution in [3.63, 3.8) is 0 Å². The Morgan fingerprint density at radius 2 is 1.91 bits per heavy atom. The lowest BCUT2D eigenvalue weighted by atomic mass is 9.54. The van der Waals surface area contributed by atoms with Crippen LogP contribution in [0.2, 0.25) is 10.0 Å². The number of hydrogen-bond donors (Lipinski definition) is 2. The van der Waals surface area contributed by atoms with Crippen LogP contribution in [0.3, 0.4) is 0 Å². The summed E-state index contributed by atoms with van der Waals surface area (Å²) in [4.78, 5) is 13.1. The molecule has 0 spiro atoms. The van der Waals surface area contributed by atoms with Crippen LogP contribution in [0.1, 0.15) is 62.5 Å². The number of halogens is 2. The van der Waals surface area contributed by atoms with Gasteiger partial charge < -0.3 is 15.2 Å². The Morgan fingerprint density at radius 1 is 1.16 bits per heavy atom. The molecule has 1 saturated carbocycles. The maximum atomic E-state index is 13.1. The maximum Gasteiger partial charge on any atom is 0.226 e. The molecule has 1 aliphatic carbocycles. The van der Waals surface area contributed by atoms with Crippen molar-refractivity contribution < 1.29 is 14.6 Å². The Morgan fingerprint density at radius 3 is 2.53 bits per heavy atom. The normalized spacial score (nSPS) is 29.5. The summed E-state index contributed by atoms with van der Waals surface area (Å²) in [6.07, 6.45) is 3.30. The molecule has 1 saturated heterocycles. The van der Waals surface area contributed by atoms with E-state index in [1.165, 1.54) is 0 Å². The van der Waals surface area contributed by atoms with Crippen LogP contribution in [0.5, 0.6) is 5.75 Å². The fourth-order valence-electron chi connectivity index (χ4n) is 5.98. The molecule has 5 atom stereocenters. The fraction of sp³-hybridized carbons (Fsp3) is 0.500. The zero-order valence-corrected chi connectivity index (χ0v) is 20.1. The quantitative estimate of drug-likeness (QED) is 0.520. The van der Waals surface area contributed by atoms with Crippen molar-refractivity contribution in [2.45, 2.75) is 57.4 Å². The summed E-state index contributed by atoms with van der Waals surface area (Å²) in [6.45, 7) is 4.73. The third-order valence-corrected chi connectivity index (χ3v) is 8.07. The topological polar surface area (TPSA) is 58.6 Å². The third-order valence-electron chi connectivity index (χ3n) is 7.49. The molecular formula is C26H31Cl2NO3. The zero-order chi connectivity index (χ0) is 22.9. The van der Waals surface area contributed by atoms with Crippen molar-refractivity contribution in [3.05, 3.63) is 63.6 Å². The number of amides is 1. The van der Waals surface area contributed by atoms with E-state index in [2.05, 4.69) is 37.4 Å². The van der Waals surface area contributed by atoms with Crippen molar-refractivity contribution in [3.8, 4) is 5.75 Å². The highest BCUT2D eigenvalue weighted by Gasteiger charge is 2.60. The molecule has 1 amide bonds. The number of nitrogens with one attached hydrogen (secondary N) is 1. The number of hydrogen-bond acceptors (Lipinski definition) is 3. The van der Waals surface area contributed by atoms with Gasteiger partial charge in [-0.1, -0.05) is 55.2 Å². The molecule has 0 bridgehead atoms. The highest BCUT2D eigenvalue weighted by molar-refractivity contribution is 6.31. The molecule has 1 aliphatic heterocycles. The van der Waals surface area contributed by atoms with Crippen LogP contribution in [0.15, 0.2) is 42.5 Å². The second-order valence-electron chi connectivity index (χ2n) is 9.05. The molecule has 4 rings (SSSR count). The van der Waals surface area contributed by atoms with E-state index in [0.717, 1.165) is 42.6 Å². The second kappa shape index (κ2) is 9.62. The van der Waals surface area contributed by atoms with E-state index < -0.39 is 5.41 Å². The van der Waals surface area contributed by atoms with Crippen molar-refractivity contribution in [1.29, 1.82) is 0 Å². The number of aliphatic hydroxyl groups excluding tert-OH is 1. The number of carbonyl (C=O) groups is 1. The van der Waals surface area contributed by atoms with E-state index in [9.17, 15) is 9.90 Å². The second-order valence-corrected chi connectivity index (χ2v) is 9.90. The Balaban J connectivity index is 1.80. The monoisotopic (exact) mass is 475 g/mol. The van der Waals surface area contributed by atoms with Gasteiger partial charge in [0, 0.05) is 16.0 Å². The molecule has 2 fully saturated rings. The van der Waals surface area contributed by atoms with Gasteiger partial charge in [-0.05, 0) is 72.9 Å². The van der Waals surface area contributed by atoms with Gasteiger partial charge in [-0.25, -0.2) is 0 Å². The van der Waals surface area contributed by atoms with E-state index in [1.807, 2.05) is 24.3 Å². The summed E-state index contributed by atoms with van der Waals surface area (Å²) in [5.74, 6) is 0.952. The molecular weight excluding hydrogens is 445 g/mol. The number of fused-ring (bicyclic) bond motifs is 1. The average Bonchev–Trinajstić information content (AvgIpc) is 3.10. The highest BCUT2D eigenvalue weighted by Crippen LogP contribution is 2.60. The van der Waals surface area contributed by atoms with Gasteiger partial charge in [0.15, 0.2) is 0 Å². The van der Waals surface area contributed by atoms with Crippen LogP contribution < -0.4 is 10.1 Å². The van der Waals surface area contributed by atoms with E-state index in [4.69, 9.17) is 27.9 Å². The standard InChI is InChI=1S/C26H31Cl2NO3/c1-3-13-32-18-9-10-19(21(28)14-18)20-11-12-26(4-2)24(22(15-30)29-25(26)31)23(20)16-5-7-17(27)8-6-16/h5-10,14,20,22-24,30H,3-4,11-13,15H2,1-2H3,(H,29,31)/t20-,22+,23?,24-,26+/m0/s1. The van der Waals surface area contributed by atoms with E-state index in [1.54, 1.807) is 0 Å². The Labute approximate surface area is 200 Å². The first-order chi connectivity index (χ1) is 15.4. The molecule has 4 nitrogen and oxygen atoms in total. The summed E-state index contributed by atoms with van der Waals surface area (Å²) < 4.78 is 5.77. The van der Waals surface area contributed by atoms with Gasteiger partial charge in [-0.2, -0.15) is 0 Å². The molecule has 32 heavy (non-hydrogen) atoms. The Kier molecular flexibility index (Phi) is 7.04. The number of aliphatic hydroxyl groups is 1. The summed E-state index contributed by atoms with van der Waals surface area (Å²) in [6, 6.07) is 13.6. The highest BCUT2D eigenvalue weighted by atomic mass is 35.5. The van der Waals surface area contributed by atoms with Gasteiger partial charge in [-0.3, -0.25) is 4.79 Å². The molecule has 0 aromatic heterocycles. The number of benzene rings is 2. The third kappa shape index (κ3) is 4.02. The lowest BCUT2D eigenvalue weighted by Gasteiger charge is -2.47. The largest absolute Gasteiger partial charge is 0.494 e. The number of carbonyl (C=O) groups excluding carboxylic acids is 1. The summed E-state index contributed by atoms with van der Waals surface area (Å²) >= 11 is 13.0. The van der Waals surface area contributed by atoms with Crippen LogP contribution in [-0.2, 0) is 4.79 Å². The average molecular weight is 476 g/mol. The summed E-state index contributed by atoms with van der Waals surface area (Å²) in [5.41, 5.74) is 1.71. The van der Waals surface area contributed by atoms with Crippen LogP contribution in [0, 0.1) is 11.3 Å². The van der Waals surface area contributed by atoms with Gasteiger partial charge in [0.2, 0.25) is 5.91 Å². The van der Waals surface area contributed by atoms with E-state index in [-0.39, 0.29) is 36.3 Å². The van der Waals surface area contributed by atoms with Gasteiger partial charge >= 0.3 is 0 Å². The summed E-state index contributed by atoms with van der Waals surface area (Å²) in [7, 11) is 0. The molecule has 0 radical (unpaired) electrons. The predicted octanol–water partition coefficient (Wildman–Crippen LogP) is 5.95. The van der Waals surface area contributed by atoms with Crippen LogP contribution in [0.25, 0.3) is 0 Å². The lowest BCUT2D eigenvalue weighted by Crippen LogP contribution is -2.45. The molecule has 2 N–H and O–H groups in total. The summed E-state index contributed by atoms with van der Waals surface area (Å²) in [5, 5.41) is 14.7. The molecule has 2 aromatic rings. The van der Waals surface area contributed by atoms with Gasteiger partial charge in [-0.15, -0.1) is 0 Å². The van der Waals surface area contributed by atoms with Crippen LogP contribution >= 0.6 is 23.2 Å². The molecule has 6 heteroatoms. The molecule has 1 unspecified atom stereocenters. The zero-order valence-electron chi connectivity index (χ0n) is 18.6. The molecule has 1 heterocycles. The number of rotatable bonds is 7. The van der Waals surface area contributed by atoms with Crippen LogP contribution in [0.4, 0.5) is 0 Å². The first-order valence-electron chi connectivity index (χ1n) is 11.5. The van der Waals surface area contributed by atoms with Crippen molar-refractivity contribution in [1.82, 2.24) is 5.32 Å². The Bertz CT molecular complexity index is 964.